The molecule has 2 aromatic carbocycles. The highest BCUT2D eigenvalue weighted by molar-refractivity contribution is 5.95. The highest BCUT2D eigenvalue weighted by Crippen LogP contribution is 2.24. The molecule has 0 heterocycles. The zero-order valence-corrected chi connectivity index (χ0v) is 15.5. The molecule has 0 aliphatic carbocycles. The predicted octanol–water partition coefficient (Wildman–Crippen LogP) is 5.02. The number of carbonyl (C=O) groups excluding carboxylic acids is 1. The first-order chi connectivity index (χ1) is 11.3. The van der Waals surface area contributed by atoms with E-state index in [0.29, 0.717) is 6.42 Å². The van der Waals surface area contributed by atoms with E-state index in [1.54, 1.807) is 0 Å². The Morgan fingerprint density at radius 3 is 2.17 bits per heavy atom. The van der Waals surface area contributed by atoms with Crippen molar-refractivity contribution in [3.8, 4) is 5.75 Å². The standard InChI is InChI=1S/C21H27NO2/c1-7-18(24-19-12-13(2)8-9-15(19)4)21(23)22-20-16(5)10-14(3)11-17(20)6/h8-12,18H,7H2,1-6H3,(H,22,23)/t18-/m1/s1. The summed E-state index contributed by atoms with van der Waals surface area (Å²) in [5, 5.41) is 3.05. The van der Waals surface area contributed by atoms with Crippen LogP contribution in [0.2, 0.25) is 0 Å². The van der Waals surface area contributed by atoms with Crippen LogP contribution < -0.4 is 10.1 Å². The van der Waals surface area contributed by atoms with Gasteiger partial charge in [-0.15, -0.1) is 0 Å². The second-order valence-electron chi connectivity index (χ2n) is 6.55. The average molecular weight is 325 g/mol. The smallest absolute Gasteiger partial charge is 0.265 e. The Labute approximate surface area is 145 Å². The Morgan fingerprint density at radius 1 is 0.958 bits per heavy atom. The normalized spacial score (nSPS) is 11.9. The van der Waals surface area contributed by atoms with Crippen molar-refractivity contribution in [3.05, 3.63) is 58.1 Å². The van der Waals surface area contributed by atoms with E-state index < -0.39 is 6.10 Å². The van der Waals surface area contributed by atoms with E-state index in [-0.39, 0.29) is 5.91 Å². The first kappa shape index (κ1) is 18.1. The van der Waals surface area contributed by atoms with E-state index in [9.17, 15) is 4.79 Å². The van der Waals surface area contributed by atoms with Crippen molar-refractivity contribution in [1.82, 2.24) is 0 Å². The Morgan fingerprint density at radius 2 is 1.58 bits per heavy atom. The summed E-state index contributed by atoms with van der Waals surface area (Å²) < 4.78 is 6.00. The van der Waals surface area contributed by atoms with Gasteiger partial charge in [0.15, 0.2) is 6.10 Å². The molecular formula is C21H27NO2. The molecule has 24 heavy (non-hydrogen) atoms. The van der Waals surface area contributed by atoms with E-state index in [0.717, 1.165) is 33.7 Å². The van der Waals surface area contributed by atoms with Crippen LogP contribution in [0.15, 0.2) is 30.3 Å². The molecule has 3 heteroatoms. The van der Waals surface area contributed by atoms with Crippen molar-refractivity contribution in [2.45, 2.75) is 54.1 Å². The molecule has 2 aromatic rings. The number of hydrogen-bond donors (Lipinski definition) is 1. The predicted molar refractivity (Wildman–Crippen MR) is 99.9 cm³/mol. The Kier molecular flexibility index (Phi) is 5.66. The Balaban J connectivity index is 2.19. The summed E-state index contributed by atoms with van der Waals surface area (Å²) in [6.45, 7) is 12.1. The fourth-order valence-electron chi connectivity index (χ4n) is 2.89. The summed E-state index contributed by atoms with van der Waals surface area (Å²) >= 11 is 0. The molecule has 0 spiro atoms. The Hall–Kier alpha value is -2.29. The van der Waals surface area contributed by atoms with Gasteiger partial charge in [-0.2, -0.15) is 0 Å². The van der Waals surface area contributed by atoms with Gasteiger partial charge in [-0.05, 0) is 69.4 Å². The van der Waals surface area contributed by atoms with Crippen LogP contribution in [0.1, 0.15) is 41.2 Å². The van der Waals surface area contributed by atoms with Crippen LogP contribution in [0.5, 0.6) is 5.75 Å². The van der Waals surface area contributed by atoms with Gasteiger partial charge >= 0.3 is 0 Å². The number of ether oxygens (including phenoxy) is 1. The number of anilines is 1. The summed E-state index contributed by atoms with van der Waals surface area (Å²) in [6, 6.07) is 10.2. The molecule has 0 saturated heterocycles. The van der Waals surface area contributed by atoms with Gasteiger partial charge in [0, 0.05) is 5.69 Å². The molecule has 1 amide bonds. The van der Waals surface area contributed by atoms with Gasteiger partial charge in [-0.25, -0.2) is 0 Å². The van der Waals surface area contributed by atoms with E-state index in [1.165, 1.54) is 5.56 Å². The van der Waals surface area contributed by atoms with Crippen LogP contribution in [0, 0.1) is 34.6 Å². The summed E-state index contributed by atoms with van der Waals surface area (Å²) in [6.07, 6.45) is 0.106. The average Bonchev–Trinajstić information content (AvgIpc) is 2.51. The molecule has 0 radical (unpaired) electrons. The monoisotopic (exact) mass is 325 g/mol. The van der Waals surface area contributed by atoms with Gasteiger partial charge in [-0.3, -0.25) is 4.79 Å². The van der Waals surface area contributed by atoms with Crippen molar-refractivity contribution in [3.63, 3.8) is 0 Å². The third-order valence-corrected chi connectivity index (χ3v) is 4.20. The number of aryl methyl sites for hydroxylation is 5. The molecule has 0 aliphatic rings. The summed E-state index contributed by atoms with van der Waals surface area (Å²) in [5.74, 6) is 0.669. The van der Waals surface area contributed by atoms with Gasteiger partial charge in [0.05, 0.1) is 0 Å². The number of benzene rings is 2. The van der Waals surface area contributed by atoms with Crippen molar-refractivity contribution in [1.29, 1.82) is 0 Å². The third-order valence-electron chi connectivity index (χ3n) is 4.20. The summed E-state index contributed by atoms with van der Waals surface area (Å²) in [5.41, 5.74) is 6.38. The number of rotatable bonds is 5. The van der Waals surface area contributed by atoms with Gasteiger partial charge in [0.25, 0.3) is 5.91 Å². The van der Waals surface area contributed by atoms with Crippen LogP contribution >= 0.6 is 0 Å². The molecule has 1 N–H and O–H groups in total. The maximum absolute atomic E-state index is 12.7. The lowest BCUT2D eigenvalue weighted by Gasteiger charge is -2.20. The summed E-state index contributed by atoms with van der Waals surface area (Å²) in [4.78, 5) is 12.7. The van der Waals surface area contributed by atoms with Crippen LogP contribution in [0.4, 0.5) is 5.69 Å². The first-order valence-corrected chi connectivity index (χ1v) is 8.44. The minimum atomic E-state index is -0.509. The van der Waals surface area contributed by atoms with E-state index in [1.807, 2.05) is 52.8 Å². The number of amides is 1. The van der Waals surface area contributed by atoms with Gasteiger partial charge < -0.3 is 10.1 Å². The van der Waals surface area contributed by atoms with Crippen molar-refractivity contribution in [2.75, 3.05) is 5.32 Å². The molecule has 0 saturated carbocycles. The SMILES string of the molecule is CC[C@@H](Oc1cc(C)ccc1C)C(=O)Nc1c(C)cc(C)cc1C. The van der Waals surface area contributed by atoms with Crippen molar-refractivity contribution in [2.24, 2.45) is 0 Å². The fourth-order valence-corrected chi connectivity index (χ4v) is 2.89. The van der Waals surface area contributed by atoms with Gasteiger partial charge in [0.2, 0.25) is 0 Å². The van der Waals surface area contributed by atoms with E-state index in [4.69, 9.17) is 4.74 Å². The number of hydrogen-bond acceptors (Lipinski definition) is 2. The minimum Gasteiger partial charge on any atom is -0.480 e. The number of carbonyl (C=O) groups is 1. The van der Waals surface area contributed by atoms with Gasteiger partial charge in [0.1, 0.15) is 5.75 Å². The largest absolute Gasteiger partial charge is 0.480 e. The molecule has 0 bridgehead atoms. The second-order valence-corrected chi connectivity index (χ2v) is 6.55. The maximum Gasteiger partial charge on any atom is 0.265 e. The van der Waals surface area contributed by atoms with Crippen LogP contribution in [0.25, 0.3) is 0 Å². The molecule has 0 aliphatic heterocycles. The lowest BCUT2D eigenvalue weighted by atomic mass is 10.0. The molecule has 0 fully saturated rings. The van der Waals surface area contributed by atoms with Crippen LogP contribution in [0.3, 0.4) is 0 Å². The zero-order chi connectivity index (χ0) is 17.9. The zero-order valence-electron chi connectivity index (χ0n) is 15.5. The quantitative estimate of drug-likeness (QED) is 0.838. The number of nitrogens with one attached hydrogen (secondary N) is 1. The first-order valence-electron chi connectivity index (χ1n) is 8.44. The maximum atomic E-state index is 12.7. The van der Waals surface area contributed by atoms with Gasteiger partial charge in [-0.1, -0.05) is 36.8 Å². The third kappa shape index (κ3) is 4.16. The minimum absolute atomic E-state index is 0.103. The molecule has 1 atom stereocenters. The Bertz CT molecular complexity index is 726. The second kappa shape index (κ2) is 7.52. The summed E-state index contributed by atoms with van der Waals surface area (Å²) in [7, 11) is 0. The molecule has 3 nitrogen and oxygen atoms in total. The molecule has 0 aromatic heterocycles. The lowest BCUT2D eigenvalue weighted by molar-refractivity contribution is -0.122. The van der Waals surface area contributed by atoms with E-state index >= 15 is 0 Å². The van der Waals surface area contributed by atoms with Crippen molar-refractivity contribution >= 4 is 11.6 Å². The van der Waals surface area contributed by atoms with Crippen LogP contribution in [-0.4, -0.2) is 12.0 Å². The van der Waals surface area contributed by atoms with Crippen LogP contribution in [-0.2, 0) is 4.79 Å². The highest BCUT2D eigenvalue weighted by Gasteiger charge is 2.20. The lowest BCUT2D eigenvalue weighted by Crippen LogP contribution is -2.33. The van der Waals surface area contributed by atoms with Crippen molar-refractivity contribution < 1.29 is 9.53 Å². The molecule has 0 unspecified atom stereocenters. The fraction of sp³-hybridized carbons (Fsp3) is 0.381. The molecule has 2 rings (SSSR count). The molecular weight excluding hydrogens is 298 g/mol. The topological polar surface area (TPSA) is 38.3 Å². The molecule has 128 valence electrons. The van der Waals surface area contributed by atoms with E-state index in [2.05, 4.69) is 24.4 Å². The highest BCUT2D eigenvalue weighted by atomic mass is 16.5.